The van der Waals surface area contributed by atoms with Crippen LogP contribution in [-0.4, -0.2) is 79.1 Å². The third-order valence-corrected chi connectivity index (χ3v) is 9.22. The molecule has 0 unspecified atom stereocenters. The molecular weight excluding hydrogens is 574 g/mol. The van der Waals surface area contributed by atoms with Gasteiger partial charge in [0, 0.05) is 55.7 Å². The minimum atomic E-state index is -0.777. The molecule has 0 radical (unpaired) electrons. The minimum Gasteiger partial charge on any atom is -0.379 e. The van der Waals surface area contributed by atoms with E-state index in [2.05, 4.69) is 32.4 Å². The number of benzene rings is 1. The summed E-state index contributed by atoms with van der Waals surface area (Å²) in [5.74, 6) is -0.151. The first-order valence-corrected chi connectivity index (χ1v) is 16.4. The van der Waals surface area contributed by atoms with Crippen molar-refractivity contribution in [1.82, 2.24) is 25.8 Å². The fourth-order valence-electron chi connectivity index (χ4n) is 5.67. The Morgan fingerprint density at radius 2 is 1.93 bits per heavy atom. The Kier molecular flexibility index (Phi) is 12.6. The van der Waals surface area contributed by atoms with E-state index in [4.69, 9.17) is 16.3 Å². The number of amides is 3. The zero-order chi connectivity index (χ0) is 29.9. The number of morpholine rings is 1. The van der Waals surface area contributed by atoms with E-state index in [-0.39, 0.29) is 30.2 Å². The zero-order valence-corrected chi connectivity index (χ0v) is 26.2. The minimum absolute atomic E-state index is 0.168. The van der Waals surface area contributed by atoms with E-state index in [1.807, 2.05) is 19.1 Å². The fraction of sp³-hybridized carbons (Fsp3) is 0.613. The van der Waals surface area contributed by atoms with Crippen molar-refractivity contribution in [2.24, 2.45) is 5.92 Å². The third-order valence-electron chi connectivity index (χ3n) is 7.94. The summed E-state index contributed by atoms with van der Waals surface area (Å²) >= 11 is 7.63. The monoisotopic (exact) mass is 617 g/mol. The fourth-order valence-corrected chi connectivity index (χ4v) is 6.96. The van der Waals surface area contributed by atoms with Crippen molar-refractivity contribution in [2.45, 2.75) is 76.8 Å². The van der Waals surface area contributed by atoms with E-state index >= 15 is 0 Å². The van der Waals surface area contributed by atoms with Crippen LogP contribution in [0, 0.1) is 5.92 Å². The Bertz CT molecular complexity index is 1230. The van der Waals surface area contributed by atoms with Crippen LogP contribution in [0.15, 0.2) is 30.4 Å². The largest absolute Gasteiger partial charge is 0.379 e. The van der Waals surface area contributed by atoms with Gasteiger partial charge in [0.25, 0.3) is 0 Å². The van der Waals surface area contributed by atoms with Crippen molar-refractivity contribution in [3.8, 4) is 0 Å². The molecule has 42 heavy (non-hydrogen) atoms. The molecule has 3 amide bonds. The highest BCUT2D eigenvalue weighted by Gasteiger charge is 2.27. The molecule has 3 N–H and O–H groups in total. The molecule has 2 aliphatic rings. The third kappa shape index (κ3) is 10.0. The van der Waals surface area contributed by atoms with E-state index in [0.717, 1.165) is 47.6 Å². The number of ether oxygens (including phenoxy) is 1. The lowest BCUT2D eigenvalue weighted by Gasteiger charge is -2.29. The van der Waals surface area contributed by atoms with Crippen LogP contribution >= 0.6 is 22.9 Å². The normalized spacial score (nSPS) is 17.9. The van der Waals surface area contributed by atoms with Crippen molar-refractivity contribution in [3.05, 3.63) is 40.4 Å². The van der Waals surface area contributed by atoms with Crippen molar-refractivity contribution in [3.63, 3.8) is 0 Å². The Labute approximate surface area is 257 Å². The number of hydrogen-bond acceptors (Lipinski definition) is 7. The van der Waals surface area contributed by atoms with Crippen LogP contribution in [0.25, 0.3) is 10.2 Å². The predicted molar refractivity (Wildman–Crippen MR) is 168 cm³/mol. The van der Waals surface area contributed by atoms with Crippen LogP contribution in [0.4, 0.5) is 0 Å². The van der Waals surface area contributed by atoms with Crippen molar-refractivity contribution in [1.29, 1.82) is 0 Å². The Morgan fingerprint density at radius 1 is 1.17 bits per heavy atom. The maximum atomic E-state index is 13.7. The van der Waals surface area contributed by atoms with E-state index < -0.39 is 6.04 Å². The highest BCUT2D eigenvalue weighted by molar-refractivity contribution is 7.18. The van der Waals surface area contributed by atoms with Gasteiger partial charge in [0.05, 0.1) is 28.4 Å². The second kappa shape index (κ2) is 16.4. The van der Waals surface area contributed by atoms with Crippen LogP contribution in [0.1, 0.15) is 63.3 Å². The first-order valence-electron chi connectivity index (χ1n) is 15.2. The summed E-state index contributed by atoms with van der Waals surface area (Å²) in [6, 6.07) is 4.47. The average molecular weight is 618 g/mol. The van der Waals surface area contributed by atoms with Gasteiger partial charge in [-0.05, 0) is 37.0 Å². The van der Waals surface area contributed by atoms with Gasteiger partial charge in [-0.1, -0.05) is 57.2 Å². The first-order chi connectivity index (χ1) is 20.3. The summed E-state index contributed by atoms with van der Waals surface area (Å²) in [6.45, 7) is 9.61. The molecule has 2 aromatic rings. The molecule has 0 bridgehead atoms. The van der Waals surface area contributed by atoms with Crippen LogP contribution in [0.2, 0.25) is 5.02 Å². The predicted octanol–water partition coefficient (Wildman–Crippen LogP) is 4.24. The standard InChI is InChI=1S/C31H44ClN5O4S/c1-3-7-28(38)35-26(18-29-36-25-11-10-23(32)17-27(25)42-29)31(40)34-24(16-22-8-5-4-6-9-22)19-33-30(39)21(2)20-37-12-14-41-15-13-37/h10-11,17,22,24,26H,2-9,12-16,18-20H2,1H3,(H,33,39)(H,34,40)(H,35,38)/t24-,26-/m0/s1. The number of nitrogens with one attached hydrogen (secondary N) is 3. The molecule has 4 rings (SSSR count). The molecule has 1 saturated heterocycles. The topological polar surface area (TPSA) is 113 Å². The molecule has 0 spiro atoms. The van der Waals surface area contributed by atoms with Gasteiger partial charge < -0.3 is 20.7 Å². The summed E-state index contributed by atoms with van der Waals surface area (Å²) in [4.78, 5) is 46.1. The molecule has 11 heteroatoms. The van der Waals surface area contributed by atoms with Gasteiger partial charge in [0.2, 0.25) is 17.7 Å². The van der Waals surface area contributed by atoms with Gasteiger partial charge in [0.1, 0.15) is 6.04 Å². The zero-order valence-electron chi connectivity index (χ0n) is 24.6. The number of carbonyl (C=O) groups is 3. The number of rotatable bonds is 14. The molecular formula is C31H44ClN5O4S. The Hall–Kier alpha value is -2.53. The Balaban J connectivity index is 1.43. The summed E-state index contributed by atoms with van der Waals surface area (Å²) in [5, 5.41) is 10.5. The van der Waals surface area contributed by atoms with Crippen LogP contribution in [0.3, 0.4) is 0 Å². The van der Waals surface area contributed by atoms with Gasteiger partial charge in [-0.15, -0.1) is 11.3 Å². The van der Waals surface area contributed by atoms with Crippen molar-refractivity contribution in [2.75, 3.05) is 39.4 Å². The molecule has 2 atom stereocenters. The van der Waals surface area contributed by atoms with Gasteiger partial charge in [-0.2, -0.15) is 0 Å². The lowest BCUT2D eigenvalue weighted by Crippen LogP contribution is -2.53. The molecule has 230 valence electrons. The SMILES string of the molecule is C=C(CN1CCOCC1)C(=O)NC[C@H](CC1CCCCC1)NC(=O)[C@H](Cc1nc2ccc(Cl)cc2s1)NC(=O)CCC. The van der Waals surface area contributed by atoms with Gasteiger partial charge in [-0.3, -0.25) is 19.3 Å². The molecule has 1 aromatic carbocycles. The highest BCUT2D eigenvalue weighted by atomic mass is 35.5. The molecule has 1 aliphatic carbocycles. The maximum absolute atomic E-state index is 13.7. The number of carbonyl (C=O) groups excluding carboxylic acids is 3. The smallest absolute Gasteiger partial charge is 0.247 e. The summed E-state index contributed by atoms with van der Waals surface area (Å²) in [6.07, 6.45) is 7.93. The number of thiazole rings is 1. The first kappa shape index (κ1) is 32.4. The van der Waals surface area contributed by atoms with Crippen molar-refractivity contribution < 1.29 is 19.1 Å². The summed E-state index contributed by atoms with van der Waals surface area (Å²) < 4.78 is 6.33. The van der Waals surface area contributed by atoms with Crippen LogP contribution < -0.4 is 16.0 Å². The van der Waals surface area contributed by atoms with E-state index in [0.29, 0.717) is 55.7 Å². The number of hydrogen-bond donors (Lipinski definition) is 3. The van der Waals surface area contributed by atoms with E-state index in [9.17, 15) is 14.4 Å². The number of nitrogens with zero attached hydrogens (tertiary/aromatic N) is 2. The van der Waals surface area contributed by atoms with E-state index in [1.165, 1.54) is 30.6 Å². The lowest BCUT2D eigenvalue weighted by atomic mass is 9.84. The van der Waals surface area contributed by atoms with Gasteiger partial charge in [0.15, 0.2) is 0 Å². The lowest BCUT2D eigenvalue weighted by molar-refractivity contribution is -0.129. The number of fused-ring (bicyclic) bond motifs is 1. The molecule has 9 nitrogen and oxygen atoms in total. The van der Waals surface area contributed by atoms with Crippen molar-refractivity contribution >= 4 is 50.9 Å². The molecule has 1 saturated carbocycles. The Morgan fingerprint density at radius 3 is 2.67 bits per heavy atom. The maximum Gasteiger partial charge on any atom is 0.247 e. The second-order valence-corrected chi connectivity index (χ2v) is 13.0. The number of aromatic nitrogens is 1. The molecule has 1 aromatic heterocycles. The molecule has 2 fully saturated rings. The quantitative estimate of drug-likeness (QED) is 0.274. The molecule has 1 aliphatic heterocycles. The summed E-state index contributed by atoms with van der Waals surface area (Å²) in [7, 11) is 0. The van der Waals surface area contributed by atoms with Crippen LogP contribution in [-0.2, 0) is 25.5 Å². The average Bonchev–Trinajstić information content (AvgIpc) is 3.38. The molecule has 2 heterocycles. The summed E-state index contributed by atoms with van der Waals surface area (Å²) in [5.41, 5.74) is 1.31. The number of halogens is 1. The highest BCUT2D eigenvalue weighted by Crippen LogP contribution is 2.28. The van der Waals surface area contributed by atoms with Gasteiger partial charge in [-0.25, -0.2) is 4.98 Å². The van der Waals surface area contributed by atoms with Crippen LogP contribution in [0.5, 0.6) is 0 Å². The second-order valence-electron chi connectivity index (χ2n) is 11.4. The van der Waals surface area contributed by atoms with E-state index in [1.54, 1.807) is 6.07 Å². The van der Waals surface area contributed by atoms with Gasteiger partial charge >= 0.3 is 0 Å².